The highest BCUT2D eigenvalue weighted by Crippen LogP contribution is 2.13. The molecule has 6 nitrogen and oxygen atoms in total. The average molecular weight is 383 g/mol. The molecule has 2 aromatic rings. The van der Waals surface area contributed by atoms with Crippen molar-refractivity contribution < 1.29 is 14.3 Å². The summed E-state index contributed by atoms with van der Waals surface area (Å²) in [4.78, 5) is 30.3. The lowest BCUT2D eigenvalue weighted by atomic mass is 10.1. The minimum Gasteiger partial charge on any atom is -0.484 e. The van der Waals surface area contributed by atoms with Gasteiger partial charge >= 0.3 is 0 Å². The van der Waals surface area contributed by atoms with Gasteiger partial charge in [-0.2, -0.15) is 0 Å². The Hall–Kier alpha value is -2.89. The number of aryl methyl sites for hydroxylation is 1. The number of carbonyl (C=O) groups excluding carboxylic acids is 2. The molecule has 0 unspecified atom stereocenters. The number of carbonyl (C=O) groups is 2. The van der Waals surface area contributed by atoms with Crippen molar-refractivity contribution >= 4 is 11.8 Å². The molecular weight excluding hydrogens is 354 g/mol. The molecule has 2 amide bonds. The molecule has 0 radical (unpaired) electrons. The number of ether oxygens (including phenoxy) is 1. The van der Waals surface area contributed by atoms with Crippen LogP contribution in [0.15, 0.2) is 48.8 Å². The van der Waals surface area contributed by atoms with Crippen LogP contribution < -0.4 is 10.1 Å². The Morgan fingerprint density at radius 2 is 1.89 bits per heavy atom. The number of nitrogens with one attached hydrogen (secondary N) is 1. The molecule has 150 valence electrons. The summed E-state index contributed by atoms with van der Waals surface area (Å²) >= 11 is 0. The van der Waals surface area contributed by atoms with Crippen LogP contribution in [0.4, 0.5) is 0 Å². The van der Waals surface area contributed by atoms with E-state index in [2.05, 4.69) is 17.2 Å². The van der Waals surface area contributed by atoms with Gasteiger partial charge < -0.3 is 15.0 Å². The summed E-state index contributed by atoms with van der Waals surface area (Å²) in [7, 11) is 0. The molecule has 0 bridgehead atoms. The number of benzene rings is 1. The maximum atomic E-state index is 12.5. The van der Waals surface area contributed by atoms with Crippen LogP contribution in [-0.2, 0) is 22.6 Å². The van der Waals surface area contributed by atoms with Gasteiger partial charge in [-0.25, -0.2) is 0 Å². The minimum atomic E-state index is -0.218. The first-order valence-electron chi connectivity index (χ1n) is 9.66. The van der Waals surface area contributed by atoms with E-state index in [1.54, 1.807) is 12.4 Å². The Bertz CT molecular complexity index is 745. The summed E-state index contributed by atoms with van der Waals surface area (Å²) in [5.41, 5.74) is 2.16. The molecule has 1 aromatic heterocycles. The Morgan fingerprint density at radius 1 is 1.14 bits per heavy atom. The molecular formula is C22H29N3O3. The van der Waals surface area contributed by atoms with Gasteiger partial charge in [-0.15, -0.1) is 0 Å². The second-order valence-electron chi connectivity index (χ2n) is 6.94. The highest BCUT2D eigenvalue weighted by molar-refractivity contribution is 5.85. The van der Waals surface area contributed by atoms with E-state index in [9.17, 15) is 9.59 Å². The number of aromatic nitrogens is 1. The van der Waals surface area contributed by atoms with E-state index in [4.69, 9.17) is 4.74 Å². The molecule has 0 aliphatic heterocycles. The number of amides is 2. The summed E-state index contributed by atoms with van der Waals surface area (Å²) in [6.45, 7) is 6.18. The lowest BCUT2D eigenvalue weighted by Gasteiger charge is -2.26. The molecule has 0 aliphatic carbocycles. The van der Waals surface area contributed by atoms with Gasteiger partial charge in [0, 0.05) is 25.0 Å². The largest absolute Gasteiger partial charge is 0.484 e. The summed E-state index contributed by atoms with van der Waals surface area (Å²) < 4.78 is 5.61. The zero-order chi connectivity index (χ0) is 20.4. The highest BCUT2D eigenvalue weighted by Gasteiger charge is 2.20. The quantitative estimate of drug-likeness (QED) is 0.685. The number of hydrogen-bond acceptors (Lipinski definition) is 4. The molecule has 0 spiro atoms. The third-order valence-corrected chi connectivity index (χ3v) is 4.29. The van der Waals surface area contributed by atoms with E-state index in [0.29, 0.717) is 12.3 Å². The van der Waals surface area contributed by atoms with Crippen molar-refractivity contribution in [1.29, 1.82) is 0 Å². The van der Waals surface area contributed by atoms with Gasteiger partial charge in [0.25, 0.3) is 5.91 Å². The normalized spacial score (nSPS) is 10.6. The fraction of sp³-hybridized carbons (Fsp3) is 0.409. The number of hydrogen-bond donors (Lipinski definition) is 1. The van der Waals surface area contributed by atoms with Crippen molar-refractivity contribution in [2.24, 2.45) is 0 Å². The fourth-order valence-electron chi connectivity index (χ4n) is 2.74. The lowest BCUT2D eigenvalue weighted by molar-refractivity contribution is -0.139. The number of rotatable bonds is 10. The molecule has 0 saturated carbocycles. The standard InChI is InChI=1S/C22H29N3O3/c1-4-6-18-8-10-20(11-9-18)28-16-22(27)25(17(2)3)15-21(26)24-14-19-7-5-12-23-13-19/h5,7-13,17H,4,6,14-16H2,1-3H3,(H,24,26). The fourth-order valence-corrected chi connectivity index (χ4v) is 2.74. The van der Waals surface area contributed by atoms with Crippen LogP contribution in [-0.4, -0.2) is 40.9 Å². The summed E-state index contributed by atoms with van der Waals surface area (Å²) in [6, 6.07) is 11.4. The first kappa shape index (κ1) is 21.4. The third kappa shape index (κ3) is 7.02. The number of nitrogens with zero attached hydrogens (tertiary/aromatic N) is 2. The SMILES string of the molecule is CCCc1ccc(OCC(=O)N(CC(=O)NCc2cccnc2)C(C)C)cc1. The van der Waals surface area contributed by atoms with Crippen LogP contribution in [0.1, 0.15) is 38.3 Å². The van der Waals surface area contributed by atoms with Crippen LogP contribution in [0.3, 0.4) is 0 Å². The monoisotopic (exact) mass is 383 g/mol. The van der Waals surface area contributed by atoms with Crippen LogP contribution >= 0.6 is 0 Å². The molecule has 0 saturated heterocycles. The molecule has 1 N–H and O–H groups in total. The zero-order valence-electron chi connectivity index (χ0n) is 16.9. The number of pyridine rings is 1. The van der Waals surface area contributed by atoms with E-state index in [-0.39, 0.29) is 31.0 Å². The van der Waals surface area contributed by atoms with E-state index >= 15 is 0 Å². The van der Waals surface area contributed by atoms with E-state index in [1.807, 2.05) is 50.2 Å². The van der Waals surface area contributed by atoms with Gasteiger partial charge in [0.15, 0.2) is 6.61 Å². The van der Waals surface area contributed by atoms with E-state index in [1.165, 1.54) is 10.5 Å². The van der Waals surface area contributed by atoms with Gasteiger partial charge in [-0.3, -0.25) is 14.6 Å². The maximum absolute atomic E-state index is 12.5. The van der Waals surface area contributed by atoms with Crippen LogP contribution in [0.2, 0.25) is 0 Å². The van der Waals surface area contributed by atoms with E-state index < -0.39 is 0 Å². The van der Waals surface area contributed by atoms with E-state index in [0.717, 1.165) is 18.4 Å². The Labute approximate surface area is 166 Å². The van der Waals surface area contributed by atoms with Gasteiger partial charge in [-0.05, 0) is 49.6 Å². The molecule has 2 rings (SSSR count). The van der Waals surface area contributed by atoms with Gasteiger partial charge in [0.2, 0.25) is 5.91 Å². The van der Waals surface area contributed by atoms with Crippen LogP contribution in [0.25, 0.3) is 0 Å². The predicted molar refractivity (Wildman–Crippen MR) is 109 cm³/mol. The Balaban J connectivity index is 1.84. The smallest absolute Gasteiger partial charge is 0.261 e. The molecule has 28 heavy (non-hydrogen) atoms. The summed E-state index contributed by atoms with van der Waals surface area (Å²) in [5.74, 6) is 0.219. The molecule has 1 heterocycles. The van der Waals surface area contributed by atoms with Gasteiger partial charge in [0.1, 0.15) is 5.75 Å². The first-order chi connectivity index (χ1) is 13.5. The third-order valence-electron chi connectivity index (χ3n) is 4.29. The molecule has 0 atom stereocenters. The van der Waals surface area contributed by atoms with Gasteiger partial charge in [0.05, 0.1) is 6.54 Å². The predicted octanol–water partition coefficient (Wildman–Crippen LogP) is 2.97. The minimum absolute atomic E-state index is 0.00440. The van der Waals surface area contributed by atoms with Gasteiger partial charge in [-0.1, -0.05) is 31.5 Å². The summed E-state index contributed by atoms with van der Waals surface area (Å²) in [5, 5.41) is 2.82. The Morgan fingerprint density at radius 3 is 2.50 bits per heavy atom. The second-order valence-corrected chi connectivity index (χ2v) is 6.94. The average Bonchev–Trinajstić information content (AvgIpc) is 2.70. The Kier molecular flexibility index (Phi) is 8.46. The van der Waals surface area contributed by atoms with Crippen LogP contribution in [0, 0.1) is 0 Å². The van der Waals surface area contributed by atoms with Crippen molar-refractivity contribution in [2.45, 2.75) is 46.2 Å². The molecule has 0 fully saturated rings. The molecule has 1 aromatic carbocycles. The first-order valence-corrected chi connectivity index (χ1v) is 9.66. The topological polar surface area (TPSA) is 71.5 Å². The zero-order valence-corrected chi connectivity index (χ0v) is 16.9. The highest BCUT2D eigenvalue weighted by atomic mass is 16.5. The molecule has 6 heteroatoms. The van der Waals surface area contributed by atoms with Crippen LogP contribution in [0.5, 0.6) is 5.75 Å². The second kappa shape index (κ2) is 11.1. The summed E-state index contributed by atoms with van der Waals surface area (Å²) in [6.07, 6.45) is 5.49. The van der Waals surface area contributed by atoms with Crippen molar-refractivity contribution in [1.82, 2.24) is 15.2 Å². The van der Waals surface area contributed by atoms with Crippen molar-refractivity contribution in [3.05, 3.63) is 59.9 Å². The van der Waals surface area contributed by atoms with Crippen molar-refractivity contribution in [2.75, 3.05) is 13.2 Å². The molecule has 0 aliphatic rings. The maximum Gasteiger partial charge on any atom is 0.261 e. The van der Waals surface area contributed by atoms with Crippen molar-refractivity contribution in [3.8, 4) is 5.75 Å². The van der Waals surface area contributed by atoms with Crippen molar-refractivity contribution in [3.63, 3.8) is 0 Å². The lowest BCUT2D eigenvalue weighted by Crippen LogP contribution is -2.46.